The van der Waals surface area contributed by atoms with Gasteiger partial charge in [-0.25, -0.2) is 0 Å². The molecule has 0 amide bonds. The normalized spacial score (nSPS) is 13.2. The Morgan fingerprint density at radius 2 is 0.776 bits per heavy atom. The molecule has 0 saturated carbocycles. The van der Waals surface area contributed by atoms with Crippen molar-refractivity contribution >= 4 is 62.4 Å². The minimum Gasteiger partial charge on any atom is -0.311 e. The van der Waals surface area contributed by atoms with Gasteiger partial charge in [0.15, 0.2) is 0 Å². The standard InChI is InChI=1S/C63H44N2S2/c1-63(2)55-18-10-9-17-51(55)52-37-53-54-38-61-62(67-60-20-12-11-19-59(60)66-61)40-58(54)65(57(53)39-56(52)63)50-35-29-46(30-36-50)43-23-21-42(22-24-43)45-27-33-49(34-28-45)64(47-15-7-4-8-16-47)48-31-25-44(26-32-48)41-13-5-3-6-14-41/h3-40H,1-2H3. The highest BCUT2D eigenvalue weighted by atomic mass is 32.2. The highest BCUT2D eigenvalue weighted by molar-refractivity contribution is 8.05. The van der Waals surface area contributed by atoms with Crippen molar-refractivity contribution in [3.63, 3.8) is 0 Å². The van der Waals surface area contributed by atoms with Crippen LogP contribution in [0, 0.1) is 0 Å². The second kappa shape index (κ2) is 15.8. The lowest BCUT2D eigenvalue weighted by atomic mass is 9.82. The third kappa shape index (κ3) is 6.74. The van der Waals surface area contributed by atoms with Crippen LogP contribution < -0.4 is 4.90 Å². The predicted octanol–water partition coefficient (Wildman–Crippen LogP) is 18.2. The quantitative estimate of drug-likeness (QED) is 0.158. The average molecular weight is 893 g/mol. The van der Waals surface area contributed by atoms with Crippen LogP contribution >= 0.6 is 23.5 Å². The Labute approximate surface area is 400 Å². The largest absolute Gasteiger partial charge is 0.311 e. The lowest BCUT2D eigenvalue weighted by Crippen LogP contribution is -2.14. The van der Waals surface area contributed by atoms with Gasteiger partial charge in [-0.05, 0) is 141 Å². The zero-order valence-corrected chi connectivity index (χ0v) is 38.8. The Morgan fingerprint density at radius 1 is 0.343 bits per heavy atom. The molecule has 0 atom stereocenters. The summed E-state index contributed by atoms with van der Waals surface area (Å²) in [7, 11) is 0. The second-order valence-electron chi connectivity index (χ2n) is 18.1. The SMILES string of the molecule is CC1(C)c2ccccc2-c2cc3c4cc5c(cc4n(-c4ccc(-c6ccc(-c7ccc(N(c8ccccc8)c8ccc(-c9ccccc9)cc8)cc7)cc6)cc4)c3cc21)Sc1ccccc1S5. The summed E-state index contributed by atoms with van der Waals surface area (Å²) in [5.41, 5.74) is 19.6. The van der Waals surface area contributed by atoms with Gasteiger partial charge in [0.25, 0.3) is 0 Å². The summed E-state index contributed by atoms with van der Waals surface area (Å²) >= 11 is 3.78. The highest BCUT2D eigenvalue weighted by Crippen LogP contribution is 2.54. The molecule has 2 aliphatic rings. The summed E-state index contributed by atoms with van der Waals surface area (Å²) in [6.45, 7) is 4.75. The van der Waals surface area contributed by atoms with E-state index in [0.29, 0.717) is 0 Å². The van der Waals surface area contributed by atoms with E-state index in [-0.39, 0.29) is 5.41 Å². The monoisotopic (exact) mass is 892 g/mol. The summed E-state index contributed by atoms with van der Waals surface area (Å²) in [5, 5.41) is 2.59. The number of rotatable bonds is 7. The molecule has 0 unspecified atom stereocenters. The van der Waals surface area contributed by atoms with E-state index in [2.05, 4.69) is 254 Å². The third-order valence-corrected chi connectivity index (χ3v) is 16.4. The van der Waals surface area contributed by atoms with Crippen molar-refractivity contribution in [1.29, 1.82) is 0 Å². The Balaban J connectivity index is 0.825. The van der Waals surface area contributed by atoms with Crippen molar-refractivity contribution in [2.45, 2.75) is 38.8 Å². The van der Waals surface area contributed by atoms with E-state index in [0.717, 1.165) is 17.1 Å². The molecule has 1 aliphatic heterocycles. The van der Waals surface area contributed by atoms with Gasteiger partial charge < -0.3 is 9.47 Å². The number of benzene rings is 10. The summed E-state index contributed by atoms with van der Waals surface area (Å²) in [6.07, 6.45) is 0. The van der Waals surface area contributed by atoms with Gasteiger partial charge in [0.1, 0.15) is 0 Å². The van der Waals surface area contributed by atoms with E-state index in [1.54, 1.807) is 0 Å². The fourth-order valence-electron chi connectivity index (χ4n) is 10.4. The minimum absolute atomic E-state index is 0.0928. The molecule has 2 heterocycles. The molecule has 1 aliphatic carbocycles. The third-order valence-electron chi connectivity index (χ3n) is 13.9. The maximum absolute atomic E-state index is 2.51. The number of hydrogen-bond acceptors (Lipinski definition) is 3. The van der Waals surface area contributed by atoms with E-state index in [9.17, 15) is 0 Å². The van der Waals surface area contributed by atoms with Crippen LogP contribution in [0.4, 0.5) is 17.1 Å². The van der Waals surface area contributed by atoms with Gasteiger partial charge >= 0.3 is 0 Å². The van der Waals surface area contributed by atoms with Crippen LogP contribution in [-0.4, -0.2) is 4.57 Å². The molecule has 0 spiro atoms. The second-order valence-corrected chi connectivity index (χ2v) is 20.3. The van der Waals surface area contributed by atoms with Crippen LogP contribution in [0.15, 0.2) is 250 Å². The molecule has 0 bridgehead atoms. The first-order valence-electron chi connectivity index (χ1n) is 23.0. The molecule has 318 valence electrons. The first-order valence-corrected chi connectivity index (χ1v) is 24.6. The number of para-hydroxylation sites is 1. The highest BCUT2D eigenvalue weighted by Gasteiger charge is 2.36. The van der Waals surface area contributed by atoms with Crippen molar-refractivity contribution < 1.29 is 0 Å². The molecule has 67 heavy (non-hydrogen) atoms. The van der Waals surface area contributed by atoms with Crippen LogP contribution in [-0.2, 0) is 5.41 Å². The molecule has 11 aromatic rings. The number of aromatic nitrogens is 1. The van der Waals surface area contributed by atoms with Gasteiger partial charge in [-0.3, -0.25) is 0 Å². The molecule has 0 saturated heterocycles. The first-order chi connectivity index (χ1) is 32.9. The molecule has 1 aromatic heterocycles. The van der Waals surface area contributed by atoms with Gasteiger partial charge in [0, 0.05) is 58.5 Å². The fourth-order valence-corrected chi connectivity index (χ4v) is 12.7. The van der Waals surface area contributed by atoms with Gasteiger partial charge in [-0.15, -0.1) is 0 Å². The molecule has 13 rings (SSSR count). The molecule has 0 N–H and O–H groups in total. The summed E-state index contributed by atoms with van der Waals surface area (Å²) in [6, 6.07) is 84.7. The van der Waals surface area contributed by atoms with E-state index in [4.69, 9.17) is 0 Å². The molecule has 2 nitrogen and oxygen atoms in total. The maximum Gasteiger partial charge on any atom is 0.0553 e. The van der Waals surface area contributed by atoms with Crippen LogP contribution in [0.1, 0.15) is 25.0 Å². The minimum atomic E-state index is -0.0928. The maximum atomic E-state index is 2.51. The van der Waals surface area contributed by atoms with Gasteiger partial charge in [-0.2, -0.15) is 0 Å². The molecule has 10 aromatic carbocycles. The Kier molecular flexibility index (Phi) is 9.42. The predicted molar refractivity (Wildman–Crippen MR) is 284 cm³/mol. The average Bonchev–Trinajstić information content (AvgIpc) is 3.81. The molecule has 0 fully saturated rings. The van der Waals surface area contributed by atoms with Crippen molar-refractivity contribution in [1.82, 2.24) is 4.57 Å². The zero-order valence-electron chi connectivity index (χ0n) is 37.2. The van der Waals surface area contributed by atoms with Crippen LogP contribution in [0.3, 0.4) is 0 Å². The molecular weight excluding hydrogens is 849 g/mol. The number of hydrogen-bond donors (Lipinski definition) is 0. The Morgan fingerprint density at radius 3 is 1.37 bits per heavy atom. The van der Waals surface area contributed by atoms with Crippen molar-refractivity contribution in [2.75, 3.05) is 4.90 Å². The van der Waals surface area contributed by atoms with E-state index in [1.807, 2.05) is 23.5 Å². The van der Waals surface area contributed by atoms with Gasteiger partial charge in [0.05, 0.1) is 11.0 Å². The Bertz CT molecular complexity index is 3670. The number of nitrogens with zero attached hydrogens (tertiary/aromatic N) is 2. The molecule has 0 radical (unpaired) electrons. The molecule has 4 heteroatoms. The zero-order chi connectivity index (χ0) is 44.6. The van der Waals surface area contributed by atoms with Crippen LogP contribution in [0.2, 0.25) is 0 Å². The van der Waals surface area contributed by atoms with Crippen LogP contribution in [0.25, 0.3) is 72.0 Å². The van der Waals surface area contributed by atoms with Gasteiger partial charge in [0.2, 0.25) is 0 Å². The lowest BCUT2D eigenvalue weighted by Gasteiger charge is -2.26. The lowest BCUT2D eigenvalue weighted by molar-refractivity contribution is 0.661. The van der Waals surface area contributed by atoms with Crippen molar-refractivity contribution in [3.8, 4) is 50.2 Å². The smallest absolute Gasteiger partial charge is 0.0553 e. The summed E-state index contributed by atoms with van der Waals surface area (Å²) in [5.74, 6) is 0. The van der Waals surface area contributed by atoms with Crippen molar-refractivity contribution in [2.24, 2.45) is 0 Å². The van der Waals surface area contributed by atoms with E-state index < -0.39 is 0 Å². The van der Waals surface area contributed by atoms with Crippen molar-refractivity contribution in [3.05, 3.63) is 242 Å². The van der Waals surface area contributed by atoms with E-state index in [1.165, 1.54) is 103 Å². The topological polar surface area (TPSA) is 8.17 Å². The first kappa shape index (κ1) is 39.8. The number of fused-ring (bicyclic) bond motifs is 8. The summed E-state index contributed by atoms with van der Waals surface area (Å²) in [4.78, 5) is 7.61. The van der Waals surface area contributed by atoms with E-state index >= 15 is 0 Å². The fraction of sp³-hybridized carbons (Fsp3) is 0.0476. The van der Waals surface area contributed by atoms with Crippen LogP contribution in [0.5, 0.6) is 0 Å². The summed E-state index contributed by atoms with van der Waals surface area (Å²) < 4.78 is 2.51. The molecular formula is C63H44N2S2. The number of anilines is 3. The Hall–Kier alpha value is -7.50. The van der Waals surface area contributed by atoms with Gasteiger partial charge in [-0.1, -0.05) is 183 Å².